The SMILES string of the molecule is Cc1sc(CNC(=O)CCCNC(=O)OCC2c3ccccc3-c3ccccc32)nc1C(=O)O. The highest BCUT2D eigenvalue weighted by Crippen LogP contribution is 2.44. The summed E-state index contributed by atoms with van der Waals surface area (Å²) in [4.78, 5) is 39.9. The highest BCUT2D eigenvalue weighted by atomic mass is 32.1. The zero-order valence-corrected chi connectivity index (χ0v) is 19.5. The number of nitrogens with zero attached hydrogens (tertiary/aromatic N) is 1. The van der Waals surface area contributed by atoms with E-state index in [-0.39, 0.29) is 37.1 Å². The van der Waals surface area contributed by atoms with E-state index in [9.17, 15) is 14.4 Å². The normalized spacial score (nSPS) is 12.0. The zero-order valence-electron chi connectivity index (χ0n) is 18.7. The molecule has 0 aliphatic heterocycles. The molecule has 0 spiro atoms. The largest absolute Gasteiger partial charge is 0.476 e. The van der Waals surface area contributed by atoms with Crippen molar-refractivity contribution in [2.24, 2.45) is 0 Å². The predicted molar refractivity (Wildman–Crippen MR) is 128 cm³/mol. The Morgan fingerprint density at radius 2 is 1.68 bits per heavy atom. The number of benzene rings is 2. The summed E-state index contributed by atoms with van der Waals surface area (Å²) in [5, 5.41) is 15.0. The third-order valence-electron chi connectivity index (χ3n) is 5.67. The van der Waals surface area contributed by atoms with Crippen LogP contribution in [0.4, 0.5) is 4.79 Å². The smallest absolute Gasteiger partial charge is 0.407 e. The Bertz CT molecular complexity index is 1180. The number of aromatic nitrogens is 1. The standard InChI is InChI=1S/C25H25N3O5S/c1-15-23(24(30)31)28-22(34-15)13-27-21(29)11-6-12-26-25(32)33-14-20-18-9-4-2-7-16(18)17-8-3-5-10-19(17)20/h2-5,7-10,20H,6,11-14H2,1H3,(H,26,32)(H,27,29)(H,30,31). The number of amides is 2. The van der Waals surface area contributed by atoms with Crippen LogP contribution in [0.2, 0.25) is 0 Å². The molecule has 176 valence electrons. The Balaban J connectivity index is 1.17. The van der Waals surface area contributed by atoms with E-state index in [0.717, 1.165) is 11.1 Å². The monoisotopic (exact) mass is 479 g/mol. The van der Waals surface area contributed by atoms with Crippen molar-refractivity contribution in [1.82, 2.24) is 15.6 Å². The minimum atomic E-state index is -1.08. The molecule has 2 amide bonds. The number of thiazole rings is 1. The molecule has 9 heteroatoms. The quantitative estimate of drug-likeness (QED) is 0.398. The molecule has 3 N–H and O–H groups in total. The maximum atomic E-state index is 12.2. The molecule has 0 atom stereocenters. The van der Waals surface area contributed by atoms with Crippen LogP contribution in [0.3, 0.4) is 0 Å². The number of fused-ring (bicyclic) bond motifs is 3. The first-order chi connectivity index (χ1) is 16.4. The molecule has 0 saturated heterocycles. The highest BCUT2D eigenvalue weighted by molar-refractivity contribution is 7.11. The first-order valence-electron chi connectivity index (χ1n) is 11.0. The molecule has 34 heavy (non-hydrogen) atoms. The fourth-order valence-electron chi connectivity index (χ4n) is 4.08. The lowest BCUT2D eigenvalue weighted by Gasteiger charge is -2.14. The van der Waals surface area contributed by atoms with E-state index in [1.54, 1.807) is 6.92 Å². The third kappa shape index (κ3) is 5.26. The van der Waals surface area contributed by atoms with Crippen molar-refractivity contribution in [3.63, 3.8) is 0 Å². The minimum absolute atomic E-state index is 0.0000635. The van der Waals surface area contributed by atoms with Gasteiger partial charge in [-0.2, -0.15) is 0 Å². The topological polar surface area (TPSA) is 118 Å². The number of ether oxygens (including phenoxy) is 1. The molecular weight excluding hydrogens is 454 g/mol. The van der Waals surface area contributed by atoms with Crippen LogP contribution >= 0.6 is 11.3 Å². The average Bonchev–Trinajstić information content (AvgIpc) is 3.37. The number of aryl methyl sites for hydroxylation is 1. The van der Waals surface area contributed by atoms with Crippen molar-refractivity contribution < 1.29 is 24.2 Å². The highest BCUT2D eigenvalue weighted by Gasteiger charge is 2.28. The number of carboxylic acid groups (broad SMARTS) is 1. The van der Waals surface area contributed by atoms with Crippen LogP contribution in [-0.4, -0.2) is 41.2 Å². The third-order valence-corrected chi connectivity index (χ3v) is 6.64. The number of carbonyl (C=O) groups excluding carboxylic acids is 2. The van der Waals surface area contributed by atoms with Gasteiger partial charge in [0.05, 0.1) is 6.54 Å². The van der Waals surface area contributed by atoms with Gasteiger partial charge in [-0.25, -0.2) is 14.6 Å². The maximum Gasteiger partial charge on any atom is 0.407 e. The molecule has 0 saturated carbocycles. The molecule has 0 bridgehead atoms. The fraction of sp³-hybridized carbons (Fsp3) is 0.280. The van der Waals surface area contributed by atoms with E-state index < -0.39 is 12.1 Å². The summed E-state index contributed by atoms with van der Waals surface area (Å²) in [6, 6.07) is 16.3. The number of hydrogen-bond donors (Lipinski definition) is 3. The van der Waals surface area contributed by atoms with Crippen LogP contribution in [0.1, 0.15) is 50.3 Å². The molecule has 1 aromatic heterocycles. The van der Waals surface area contributed by atoms with E-state index in [2.05, 4.69) is 39.9 Å². The van der Waals surface area contributed by atoms with E-state index in [1.165, 1.54) is 22.5 Å². The van der Waals surface area contributed by atoms with Gasteiger partial charge in [-0.15, -0.1) is 11.3 Å². The van der Waals surface area contributed by atoms with E-state index in [0.29, 0.717) is 22.9 Å². The Morgan fingerprint density at radius 1 is 1.03 bits per heavy atom. The van der Waals surface area contributed by atoms with Crippen molar-refractivity contribution in [3.8, 4) is 11.1 Å². The van der Waals surface area contributed by atoms with Crippen LogP contribution in [0.5, 0.6) is 0 Å². The van der Waals surface area contributed by atoms with Gasteiger partial charge in [-0.05, 0) is 35.6 Å². The maximum absolute atomic E-state index is 12.2. The molecule has 4 rings (SSSR count). The molecular formula is C25H25N3O5S. The van der Waals surface area contributed by atoms with Crippen LogP contribution in [0.15, 0.2) is 48.5 Å². The molecule has 8 nitrogen and oxygen atoms in total. The van der Waals surface area contributed by atoms with E-state index >= 15 is 0 Å². The lowest BCUT2D eigenvalue weighted by molar-refractivity contribution is -0.121. The number of carbonyl (C=O) groups is 3. The Morgan fingerprint density at radius 3 is 2.29 bits per heavy atom. The average molecular weight is 480 g/mol. The van der Waals surface area contributed by atoms with Crippen molar-refractivity contribution in [2.45, 2.75) is 32.2 Å². The van der Waals surface area contributed by atoms with E-state index in [4.69, 9.17) is 9.84 Å². The Hall–Kier alpha value is -3.72. The van der Waals surface area contributed by atoms with Crippen molar-refractivity contribution in [1.29, 1.82) is 0 Å². The first kappa shape index (κ1) is 23.4. The second-order valence-corrected chi connectivity index (χ2v) is 9.24. The Labute approximate surface area is 201 Å². The number of carboxylic acids is 1. The van der Waals surface area contributed by atoms with Crippen molar-refractivity contribution in [3.05, 3.63) is 75.2 Å². The van der Waals surface area contributed by atoms with Crippen molar-refractivity contribution >= 4 is 29.3 Å². The second kappa shape index (κ2) is 10.5. The molecule has 0 fully saturated rings. The summed E-state index contributed by atoms with van der Waals surface area (Å²) < 4.78 is 5.48. The summed E-state index contributed by atoms with van der Waals surface area (Å²) in [6.45, 7) is 2.41. The van der Waals surface area contributed by atoms with Gasteiger partial charge in [0, 0.05) is 23.8 Å². The second-order valence-electron chi connectivity index (χ2n) is 7.95. The predicted octanol–water partition coefficient (Wildman–Crippen LogP) is 4.08. The number of aromatic carboxylic acids is 1. The van der Waals surface area contributed by atoms with Gasteiger partial charge in [0.2, 0.25) is 5.91 Å². The summed E-state index contributed by atoms with van der Waals surface area (Å²) in [5.41, 5.74) is 4.66. The molecule has 1 heterocycles. The number of hydrogen-bond acceptors (Lipinski definition) is 6. The van der Waals surface area contributed by atoms with Crippen LogP contribution in [0, 0.1) is 6.92 Å². The fourth-order valence-corrected chi connectivity index (χ4v) is 4.94. The molecule has 0 unspecified atom stereocenters. The summed E-state index contributed by atoms with van der Waals surface area (Å²) in [6.07, 6.45) is 0.161. The molecule has 1 aliphatic rings. The van der Waals surface area contributed by atoms with E-state index in [1.807, 2.05) is 24.3 Å². The van der Waals surface area contributed by atoms with Gasteiger partial charge in [0.1, 0.15) is 11.6 Å². The molecule has 1 aliphatic carbocycles. The number of rotatable bonds is 9. The first-order valence-corrected chi connectivity index (χ1v) is 11.8. The van der Waals surface area contributed by atoms with Gasteiger partial charge < -0.3 is 20.5 Å². The lowest BCUT2D eigenvalue weighted by atomic mass is 9.98. The van der Waals surface area contributed by atoms with Gasteiger partial charge in [0.15, 0.2) is 5.69 Å². The lowest BCUT2D eigenvalue weighted by Crippen LogP contribution is -2.28. The number of nitrogens with one attached hydrogen (secondary N) is 2. The van der Waals surface area contributed by atoms with Crippen molar-refractivity contribution in [2.75, 3.05) is 13.2 Å². The van der Waals surface area contributed by atoms with Gasteiger partial charge in [-0.3, -0.25) is 4.79 Å². The van der Waals surface area contributed by atoms with Gasteiger partial charge >= 0.3 is 12.1 Å². The van der Waals surface area contributed by atoms with Crippen LogP contribution in [-0.2, 0) is 16.1 Å². The van der Waals surface area contributed by atoms with Crippen LogP contribution in [0.25, 0.3) is 11.1 Å². The summed E-state index contributed by atoms with van der Waals surface area (Å²) >= 11 is 1.24. The molecule has 0 radical (unpaired) electrons. The summed E-state index contributed by atoms with van der Waals surface area (Å²) in [7, 11) is 0. The van der Waals surface area contributed by atoms with Gasteiger partial charge in [-0.1, -0.05) is 48.5 Å². The molecule has 3 aromatic rings. The molecule has 2 aromatic carbocycles. The van der Waals surface area contributed by atoms with Gasteiger partial charge in [0.25, 0.3) is 0 Å². The Kier molecular flexibility index (Phi) is 7.22. The number of alkyl carbamates (subject to hydrolysis) is 1. The minimum Gasteiger partial charge on any atom is -0.476 e. The zero-order chi connectivity index (χ0) is 24.1. The van der Waals surface area contributed by atoms with Crippen LogP contribution < -0.4 is 10.6 Å². The summed E-state index contributed by atoms with van der Waals surface area (Å²) in [5.74, 6) is -1.27.